The topological polar surface area (TPSA) is 55.9 Å². The van der Waals surface area contributed by atoms with Crippen LogP contribution in [0.5, 0.6) is 0 Å². The minimum atomic E-state index is -0.540. The number of rotatable bonds is 2. The number of carbonyl (C=O) groups is 2. The van der Waals surface area contributed by atoms with E-state index < -0.39 is 11.8 Å². The maximum atomic E-state index is 12.1. The van der Waals surface area contributed by atoms with E-state index in [1.165, 1.54) is 0 Å². The lowest BCUT2D eigenvalue weighted by Crippen LogP contribution is -2.58. The van der Waals surface area contributed by atoms with Gasteiger partial charge in [0, 0.05) is 38.3 Å². The predicted molar refractivity (Wildman–Crippen MR) is 74.4 cm³/mol. The number of amides is 2. The van der Waals surface area contributed by atoms with E-state index in [1.807, 2.05) is 39.8 Å². The van der Waals surface area contributed by atoms with Crippen LogP contribution in [0.4, 0.5) is 0 Å². The molecule has 1 aliphatic heterocycles. The van der Waals surface area contributed by atoms with Crippen molar-refractivity contribution in [1.29, 1.82) is 0 Å². The molecule has 1 heterocycles. The summed E-state index contributed by atoms with van der Waals surface area (Å²) in [5, 5.41) is 1.82. The fourth-order valence-electron chi connectivity index (χ4n) is 2.15. The highest BCUT2D eigenvalue weighted by atomic mass is 16.2. The van der Waals surface area contributed by atoms with Gasteiger partial charge in [-0.25, -0.2) is 5.01 Å². The lowest BCUT2D eigenvalue weighted by atomic mass is 10.1. The quantitative estimate of drug-likeness (QED) is 0.713. The molecule has 1 N–H and O–H groups in total. The summed E-state index contributed by atoms with van der Waals surface area (Å²) < 4.78 is 0. The molecule has 2 amide bonds. The van der Waals surface area contributed by atoms with E-state index in [0.29, 0.717) is 6.54 Å². The van der Waals surface area contributed by atoms with Crippen LogP contribution in [0, 0.1) is 0 Å². The molecule has 0 saturated carbocycles. The third-order valence-electron chi connectivity index (χ3n) is 3.33. The molecule has 0 aromatic rings. The van der Waals surface area contributed by atoms with Gasteiger partial charge in [-0.1, -0.05) is 0 Å². The van der Waals surface area contributed by atoms with Crippen molar-refractivity contribution in [3.63, 3.8) is 0 Å². The van der Waals surface area contributed by atoms with Crippen molar-refractivity contribution < 1.29 is 9.59 Å². The van der Waals surface area contributed by atoms with Crippen LogP contribution in [0.3, 0.4) is 0 Å². The Kier molecular flexibility index (Phi) is 5.31. The highest BCUT2D eigenvalue weighted by Gasteiger charge is 2.30. The van der Waals surface area contributed by atoms with Crippen molar-refractivity contribution in [2.45, 2.75) is 33.2 Å². The Labute approximate surface area is 115 Å². The van der Waals surface area contributed by atoms with Gasteiger partial charge in [-0.05, 0) is 34.7 Å². The van der Waals surface area contributed by atoms with E-state index in [4.69, 9.17) is 0 Å². The normalized spacial score (nSPS) is 18.2. The second-order valence-corrected chi connectivity index (χ2v) is 5.95. The van der Waals surface area contributed by atoms with Gasteiger partial charge in [0.2, 0.25) is 0 Å². The number of hydrazine groups is 1. The summed E-state index contributed by atoms with van der Waals surface area (Å²) in [5.41, 5.74) is 2.36. The molecule has 0 unspecified atom stereocenters. The molecule has 0 aromatic carbocycles. The number of nitrogens with one attached hydrogen (secondary N) is 1. The van der Waals surface area contributed by atoms with Crippen molar-refractivity contribution >= 4 is 11.8 Å². The average molecular weight is 270 g/mol. The Bertz CT molecular complexity index is 330. The van der Waals surface area contributed by atoms with Gasteiger partial charge in [0.1, 0.15) is 0 Å². The maximum absolute atomic E-state index is 12.1. The first-order chi connectivity index (χ1) is 8.75. The van der Waals surface area contributed by atoms with E-state index in [-0.39, 0.29) is 5.54 Å². The summed E-state index contributed by atoms with van der Waals surface area (Å²) >= 11 is 0. The smallest absolute Gasteiger partial charge is 0.323 e. The SMILES string of the molecule is CCN(C(=O)C(=O)NN1CCN(C)CC1)C(C)(C)C. The summed E-state index contributed by atoms with van der Waals surface area (Å²) in [7, 11) is 2.04. The van der Waals surface area contributed by atoms with Gasteiger partial charge in [-0.3, -0.25) is 15.0 Å². The number of piperazine rings is 1. The first-order valence-electron chi connectivity index (χ1n) is 6.81. The van der Waals surface area contributed by atoms with Crippen molar-refractivity contribution in [2.75, 3.05) is 39.8 Å². The average Bonchev–Trinajstić information content (AvgIpc) is 2.31. The Morgan fingerprint density at radius 2 is 1.68 bits per heavy atom. The second kappa shape index (κ2) is 6.34. The van der Waals surface area contributed by atoms with Crippen LogP contribution in [0.15, 0.2) is 0 Å². The van der Waals surface area contributed by atoms with Gasteiger partial charge >= 0.3 is 11.8 Å². The summed E-state index contributed by atoms with van der Waals surface area (Å²) in [6, 6.07) is 0. The first-order valence-corrected chi connectivity index (χ1v) is 6.81. The Hall–Kier alpha value is -1.14. The largest absolute Gasteiger partial charge is 0.330 e. The second-order valence-electron chi connectivity index (χ2n) is 5.95. The van der Waals surface area contributed by atoms with Crippen molar-refractivity contribution in [1.82, 2.24) is 20.2 Å². The van der Waals surface area contributed by atoms with E-state index in [0.717, 1.165) is 26.2 Å². The summed E-state index contributed by atoms with van der Waals surface area (Å²) in [4.78, 5) is 27.9. The van der Waals surface area contributed by atoms with Crippen LogP contribution < -0.4 is 5.43 Å². The molecule has 6 nitrogen and oxygen atoms in total. The lowest BCUT2D eigenvalue weighted by Gasteiger charge is -2.36. The Morgan fingerprint density at radius 3 is 2.11 bits per heavy atom. The molecular formula is C13H26N4O2. The zero-order valence-electron chi connectivity index (χ0n) is 12.7. The number of hydrogen-bond acceptors (Lipinski definition) is 4. The van der Waals surface area contributed by atoms with E-state index >= 15 is 0 Å². The fraction of sp³-hybridized carbons (Fsp3) is 0.846. The third kappa shape index (κ3) is 4.47. The Balaban J connectivity index is 2.55. The third-order valence-corrected chi connectivity index (χ3v) is 3.33. The predicted octanol–water partition coefficient (Wildman–Crippen LogP) is -0.0880. The number of likely N-dealkylation sites (N-methyl/N-ethyl adjacent to an activating group) is 2. The number of nitrogens with zero attached hydrogens (tertiary/aromatic N) is 3. The van der Waals surface area contributed by atoms with Gasteiger partial charge in [0.05, 0.1) is 0 Å². The molecule has 1 fully saturated rings. The van der Waals surface area contributed by atoms with Crippen LogP contribution in [0.1, 0.15) is 27.7 Å². The molecule has 6 heteroatoms. The molecule has 0 aromatic heterocycles. The van der Waals surface area contributed by atoms with Gasteiger partial charge in [0.15, 0.2) is 0 Å². The molecule has 110 valence electrons. The molecule has 1 saturated heterocycles. The fourth-order valence-corrected chi connectivity index (χ4v) is 2.15. The maximum Gasteiger partial charge on any atom is 0.323 e. The van der Waals surface area contributed by atoms with Crippen molar-refractivity contribution in [3.8, 4) is 0 Å². The van der Waals surface area contributed by atoms with Crippen LogP contribution in [0.2, 0.25) is 0 Å². The molecule has 19 heavy (non-hydrogen) atoms. The molecule has 0 radical (unpaired) electrons. The first kappa shape index (κ1) is 15.9. The zero-order valence-corrected chi connectivity index (χ0v) is 12.7. The van der Waals surface area contributed by atoms with E-state index in [1.54, 1.807) is 4.90 Å². The zero-order chi connectivity index (χ0) is 14.6. The molecule has 1 rings (SSSR count). The van der Waals surface area contributed by atoms with Gasteiger partial charge in [-0.15, -0.1) is 0 Å². The van der Waals surface area contributed by atoms with Crippen LogP contribution in [0.25, 0.3) is 0 Å². The molecule has 0 spiro atoms. The van der Waals surface area contributed by atoms with Gasteiger partial charge in [0.25, 0.3) is 0 Å². The number of carbonyl (C=O) groups excluding carboxylic acids is 2. The Morgan fingerprint density at radius 1 is 1.16 bits per heavy atom. The van der Waals surface area contributed by atoms with Crippen LogP contribution >= 0.6 is 0 Å². The monoisotopic (exact) mass is 270 g/mol. The van der Waals surface area contributed by atoms with E-state index in [9.17, 15) is 9.59 Å². The van der Waals surface area contributed by atoms with E-state index in [2.05, 4.69) is 10.3 Å². The van der Waals surface area contributed by atoms with Crippen LogP contribution in [-0.4, -0.2) is 71.9 Å². The van der Waals surface area contributed by atoms with Crippen molar-refractivity contribution in [3.05, 3.63) is 0 Å². The summed E-state index contributed by atoms with van der Waals surface area (Å²) in [6.45, 7) is 11.5. The van der Waals surface area contributed by atoms with Crippen molar-refractivity contribution in [2.24, 2.45) is 0 Å². The number of hydrogen-bond donors (Lipinski definition) is 1. The minimum absolute atomic E-state index is 0.342. The van der Waals surface area contributed by atoms with Gasteiger partial charge in [-0.2, -0.15) is 0 Å². The standard InChI is InChI=1S/C13H26N4O2/c1-6-17(13(2,3)4)12(19)11(18)14-16-9-7-15(5)8-10-16/h6-10H2,1-5H3,(H,14,18). The highest BCUT2D eigenvalue weighted by molar-refractivity contribution is 6.35. The molecule has 0 atom stereocenters. The van der Waals surface area contributed by atoms with Crippen LogP contribution in [-0.2, 0) is 9.59 Å². The van der Waals surface area contributed by atoms with Gasteiger partial charge < -0.3 is 9.80 Å². The molecule has 0 aliphatic carbocycles. The summed E-state index contributed by atoms with van der Waals surface area (Å²) in [6.07, 6.45) is 0. The highest BCUT2D eigenvalue weighted by Crippen LogP contribution is 2.12. The lowest BCUT2D eigenvalue weighted by molar-refractivity contribution is -0.151. The molecule has 1 aliphatic rings. The molecular weight excluding hydrogens is 244 g/mol. The molecule has 0 bridgehead atoms. The minimum Gasteiger partial charge on any atom is -0.330 e. The summed E-state index contributed by atoms with van der Waals surface area (Å²) in [5.74, 6) is -1.00.